The summed E-state index contributed by atoms with van der Waals surface area (Å²) in [5.74, 6) is 0.169. The zero-order chi connectivity index (χ0) is 16.3. The van der Waals surface area contributed by atoms with Crippen molar-refractivity contribution in [3.8, 4) is 0 Å². The molecule has 0 fully saturated rings. The summed E-state index contributed by atoms with van der Waals surface area (Å²) in [6, 6.07) is 0. The molecular formula is C16H19ClN2O3. The molecule has 0 saturated heterocycles. The van der Waals surface area contributed by atoms with E-state index in [1.165, 1.54) is 7.11 Å². The monoisotopic (exact) mass is 322 g/mol. The molecule has 0 aromatic heterocycles. The number of dihydropyridines is 1. The molecule has 2 rings (SSSR count). The Balaban J connectivity index is 2.56. The summed E-state index contributed by atoms with van der Waals surface area (Å²) in [5.41, 5.74) is 2.28. The van der Waals surface area contributed by atoms with Crippen LogP contribution in [-0.2, 0) is 14.3 Å². The third kappa shape index (κ3) is 3.36. The normalized spacial score (nSPS) is 21.7. The second-order valence-corrected chi connectivity index (χ2v) is 5.50. The zero-order valence-electron chi connectivity index (χ0n) is 12.9. The first-order chi connectivity index (χ1) is 10.5. The highest BCUT2D eigenvalue weighted by Gasteiger charge is 2.26. The van der Waals surface area contributed by atoms with Crippen LogP contribution in [0.25, 0.3) is 0 Å². The van der Waals surface area contributed by atoms with Crippen LogP contribution in [0.1, 0.15) is 0 Å². The van der Waals surface area contributed by atoms with Gasteiger partial charge in [0.25, 0.3) is 0 Å². The van der Waals surface area contributed by atoms with E-state index in [0.29, 0.717) is 23.5 Å². The Kier molecular flexibility index (Phi) is 4.98. The molecule has 2 heterocycles. The quantitative estimate of drug-likeness (QED) is 0.489. The molecule has 5 nitrogen and oxygen atoms in total. The minimum atomic E-state index is -0.427. The molecule has 1 N–H and O–H groups in total. The molecule has 2 aliphatic rings. The van der Waals surface area contributed by atoms with Gasteiger partial charge in [-0.2, -0.15) is 0 Å². The lowest BCUT2D eigenvalue weighted by molar-refractivity contribution is -0.135. The van der Waals surface area contributed by atoms with Gasteiger partial charge in [-0.05, 0) is 17.7 Å². The van der Waals surface area contributed by atoms with Gasteiger partial charge < -0.3 is 19.7 Å². The minimum absolute atomic E-state index is 0.384. The number of halogens is 1. The lowest BCUT2D eigenvalue weighted by Crippen LogP contribution is -2.23. The van der Waals surface area contributed by atoms with Crippen LogP contribution in [0.15, 0.2) is 59.2 Å². The molecule has 0 aromatic carbocycles. The Hall–Kier alpha value is -2.14. The first-order valence-corrected chi connectivity index (χ1v) is 7.17. The van der Waals surface area contributed by atoms with E-state index in [-0.39, 0.29) is 5.50 Å². The molecular weight excluding hydrogens is 304 g/mol. The second-order valence-electron chi connectivity index (χ2n) is 5.03. The summed E-state index contributed by atoms with van der Waals surface area (Å²) in [6.45, 7) is 4.58. The number of esters is 1. The van der Waals surface area contributed by atoms with Crippen LogP contribution < -0.4 is 5.32 Å². The summed E-state index contributed by atoms with van der Waals surface area (Å²) in [6.07, 6.45) is 7.09. The molecule has 118 valence electrons. The highest BCUT2D eigenvalue weighted by Crippen LogP contribution is 2.32. The van der Waals surface area contributed by atoms with E-state index in [2.05, 4.69) is 11.9 Å². The Morgan fingerprint density at radius 2 is 2.18 bits per heavy atom. The number of nitrogens with one attached hydrogen (secondary N) is 1. The number of allylic oxidation sites excluding steroid dienone is 1. The third-order valence-electron chi connectivity index (χ3n) is 3.31. The van der Waals surface area contributed by atoms with Gasteiger partial charge in [-0.1, -0.05) is 18.2 Å². The van der Waals surface area contributed by atoms with Gasteiger partial charge in [0.2, 0.25) is 0 Å². The Labute approximate surface area is 135 Å². The molecule has 0 bridgehead atoms. The number of carbonyl (C=O) groups is 1. The predicted molar refractivity (Wildman–Crippen MR) is 85.9 cm³/mol. The number of methoxy groups -OCH3 is 2. The van der Waals surface area contributed by atoms with Gasteiger partial charge in [0, 0.05) is 37.1 Å². The summed E-state index contributed by atoms with van der Waals surface area (Å²) in [7, 11) is 4.83. The standard InChI is InChI=1S/C16H19ClN2O3/c1-10-5-12(16(20)22-4)13(9-19(2)8-10)11-6-15(17)18-7-14(11)21-3/h5-7,9,15,18H,1,8H2,2-4H3. The van der Waals surface area contributed by atoms with Gasteiger partial charge in [-0.3, -0.25) is 0 Å². The first kappa shape index (κ1) is 16.2. The van der Waals surface area contributed by atoms with Gasteiger partial charge in [0.05, 0.1) is 19.8 Å². The van der Waals surface area contributed by atoms with Crippen LogP contribution in [0.4, 0.5) is 0 Å². The fraction of sp³-hybridized carbons (Fsp3) is 0.312. The van der Waals surface area contributed by atoms with E-state index in [1.807, 2.05) is 18.1 Å². The molecule has 0 saturated carbocycles. The smallest absolute Gasteiger partial charge is 0.338 e. The van der Waals surface area contributed by atoms with Gasteiger partial charge in [0.1, 0.15) is 11.3 Å². The first-order valence-electron chi connectivity index (χ1n) is 6.73. The maximum Gasteiger partial charge on any atom is 0.338 e. The largest absolute Gasteiger partial charge is 0.495 e. The molecule has 0 spiro atoms. The van der Waals surface area contributed by atoms with Gasteiger partial charge >= 0.3 is 5.97 Å². The molecule has 6 heteroatoms. The molecule has 0 aromatic rings. The number of ether oxygens (including phenoxy) is 2. The maximum absolute atomic E-state index is 12.2. The van der Waals surface area contributed by atoms with E-state index in [1.54, 1.807) is 25.5 Å². The zero-order valence-corrected chi connectivity index (χ0v) is 13.6. The molecule has 2 aliphatic heterocycles. The van der Waals surface area contributed by atoms with Crippen LogP contribution in [-0.4, -0.2) is 44.2 Å². The van der Waals surface area contributed by atoms with Gasteiger partial charge in [-0.15, -0.1) is 0 Å². The Bertz CT molecular complexity index is 617. The summed E-state index contributed by atoms with van der Waals surface area (Å²) in [4.78, 5) is 14.1. The van der Waals surface area contributed by atoms with E-state index in [0.717, 1.165) is 11.1 Å². The van der Waals surface area contributed by atoms with E-state index >= 15 is 0 Å². The minimum Gasteiger partial charge on any atom is -0.495 e. The SMILES string of the molecule is C=C1C=C(C(=O)OC)C(C2=CC(Cl)NC=C2OC)=CN(C)C1. The Morgan fingerprint density at radius 1 is 1.45 bits per heavy atom. The van der Waals surface area contributed by atoms with Crippen molar-refractivity contribution in [1.29, 1.82) is 0 Å². The molecule has 0 amide bonds. The van der Waals surface area contributed by atoms with E-state index in [4.69, 9.17) is 21.1 Å². The second kappa shape index (κ2) is 6.75. The average Bonchev–Trinajstić information content (AvgIpc) is 2.64. The number of nitrogens with zero attached hydrogens (tertiary/aromatic N) is 1. The van der Waals surface area contributed by atoms with Crippen LogP contribution >= 0.6 is 11.6 Å². The van der Waals surface area contributed by atoms with Crippen molar-refractivity contribution in [2.45, 2.75) is 5.50 Å². The lowest BCUT2D eigenvalue weighted by Gasteiger charge is -2.22. The number of hydrogen-bond donors (Lipinski definition) is 1. The highest BCUT2D eigenvalue weighted by molar-refractivity contribution is 6.21. The van der Waals surface area contributed by atoms with E-state index in [9.17, 15) is 4.79 Å². The van der Waals surface area contributed by atoms with Gasteiger partial charge in [0.15, 0.2) is 0 Å². The fourth-order valence-electron chi connectivity index (χ4n) is 2.38. The van der Waals surface area contributed by atoms with Crippen molar-refractivity contribution in [1.82, 2.24) is 10.2 Å². The van der Waals surface area contributed by atoms with Crippen molar-refractivity contribution in [2.75, 3.05) is 27.8 Å². The Morgan fingerprint density at radius 3 is 2.82 bits per heavy atom. The molecule has 1 atom stereocenters. The topological polar surface area (TPSA) is 50.8 Å². The maximum atomic E-state index is 12.2. The van der Waals surface area contributed by atoms with Crippen molar-refractivity contribution >= 4 is 17.6 Å². The van der Waals surface area contributed by atoms with Crippen LogP contribution in [0.3, 0.4) is 0 Å². The molecule has 1 unspecified atom stereocenters. The summed E-state index contributed by atoms with van der Waals surface area (Å²) in [5, 5.41) is 2.95. The number of alkyl halides is 1. The van der Waals surface area contributed by atoms with E-state index < -0.39 is 5.97 Å². The summed E-state index contributed by atoms with van der Waals surface area (Å²) < 4.78 is 10.3. The predicted octanol–water partition coefficient (Wildman–Crippen LogP) is 2.05. The third-order valence-corrected chi connectivity index (χ3v) is 3.56. The fourth-order valence-corrected chi connectivity index (χ4v) is 2.57. The number of likely N-dealkylation sites (N-methyl/N-ethyl adjacent to an activating group) is 1. The van der Waals surface area contributed by atoms with Crippen molar-refractivity contribution < 1.29 is 14.3 Å². The van der Waals surface area contributed by atoms with Crippen LogP contribution in [0.5, 0.6) is 0 Å². The molecule has 0 radical (unpaired) electrons. The van der Waals surface area contributed by atoms with Crippen molar-refractivity contribution in [2.24, 2.45) is 0 Å². The molecule has 0 aliphatic carbocycles. The van der Waals surface area contributed by atoms with Crippen LogP contribution in [0, 0.1) is 0 Å². The number of hydrogen-bond acceptors (Lipinski definition) is 5. The van der Waals surface area contributed by atoms with Gasteiger partial charge in [-0.25, -0.2) is 4.79 Å². The number of rotatable bonds is 3. The van der Waals surface area contributed by atoms with Crippen LogP contribution in [0.2, 0.25) is 0 Å². The highest BCUT2D eigenvalue weighted by atomic mass is 35.5. The number of carbonyl (C=O) groups excluding carboxylic acids is 1. The lowest BCUT2D eigenvalue weighted by atomic mass is 9.95. The summed E-state index contributed by atoms with van der Waals surface area (Å²) >= 11 is 6.14. The van der Waals surface area contributed by atoms with Crippen molar-refractivity contribution in [3.63, 3.8) is 0 Å². The van der Waals surface area contributed by atoms with Crippen molar-refractivity contribution in [3.05, 3.63) is 59.2 Å². The average molecular weight is 323 g/mol. The molecule has 22 heavy (non-hydrogen) atoms.